The SMILES string of the molecule is CC(C)Oc1cc(C(=O)N2C[C@@H]3[C@H]4CN(C(=O)c5ccc6n[nH]nc6c5)C[C@H]4[C@@H]3C2)nc2ccccc12. The number of aromatic nitrogens is 4. The van der Waals surface area contributed by atoms with Gasteiger partial charge in [0.05, 0.1) is 11.6 Å². The van der Waals surface area contributed by atoms with Gasteiger partial charge in [-0.15, -0.1) is 0 Å². The monoisotopic (exact) mass is 496 g/mol. The van der Waals surface area contributed by atoms with Gasteiger partial charge in [-0.05, 0) is 67.9 Å². The van der Waals surface area contributed by atoms with Gasteiger partial charge in [0.1, 0.15) is 22.5 Å². The number of carbonyl (C=O) groups excluding carboxylic acids is 2. The van der Waals surface area contributed by atoms with Crippen molar-refractivity contribution in [2.24, 2.45) is 23.7 Å². The maximum atomic E-state index is 13.5. The molecule has 2 amide bonds. The number of fused-ring (bicyclic) bond motifs is 6. The van der Waals surface area contributed by atoms with Crippen LogP contribution < -0.4 is 4.74 Å². The summed E-state index contributed by atoms with van der Waals surface area (Å²) in [5.41, 5.74) is 3.29. The molecule has 3 aliphatic rings. The molecule has 3 fully saturated rings. The van der Waals surface area contributed by atoms with Crippen LogP contribution in [0.3, 0.4) is 0 Å². The van der Waals surface area contributed by atoms with Crippen LogP contribution in [0.15, 0.2) is 48.5 Å². The quantitative estimate of drug-likeness (QED) is 0.465. The average molecular weight is 497 g/mol. The van der Waals surface area contributed by atoms with E-state index < -0.39 is 0 Å². The number of ether oxygens (including phenoxy) is 1. The number of para-hydroxylation sites is 1. The van der Waals surface area contributed by atoms with Crippen LogP contribution in [0.4, 0.5) is 0 Å². The molecule has 1 aliphatic carbocycles. The normalized spacial score (nSPS) is 24.4. The second-order valence-corrected chi connectivity index (χ2v) is 10.8. The summed E-state index contributed by atoms with van der Waals surface area (Å²) in [5.74, 6) is 2.43. The molecule has 4 aromatic rings. The topological polar surface area (TPSA) is 104 Å². The van der Waals surface area contributed by atoms with Gasteiger partial charge in [0.15, 0.2) is 0 Å². The van der Waals surface area contributed by atoms with E-state index >= 15 is 0 Å². The lowest BCUT2D eigenvalue weighted by molar-refractivity contribution is 0.0629. The van der Waals surface area contributed by atoms with Crippen molar-refractivity contribution in [3.05, 3.63) is 59.8 Å². The highest BCUT2D eigenvalue weighted by molar-refractivity contribution is 5.98. The first-order valence-corrected chi connectivity index (χ1v) is 12.9. The van der Waals surface area contributed by atoms with E-state index in [0.29, 0.717) is 59.3 Å². The number of aromatic amines is 1. The van der Waals surface area contributed by atoms with E-state index in [1.165, 1.54) is 0 Å². The summed E-state index contributed by atoms with van der Waals surface area (Å²) in [7, 11) is 0. The van der Waals surface area contributed by atoms with E-state index in [4.69, 9.17) is 4.74 Å². The van der Waals surface area contributed by atoms with Crippen LogP contribution in [-0.2, 0) is 0 Å². The van der Waals surface area contributed by atoms with Gasteiger partial charge in [-0.2, -0.15) is 15.4 Å². The van der Waals surface area contributed by atoms with Crippen molar-refractivity contribution >= 4 is 33.8 Å². The summed E-state index contributed by atoms with van der Waals surface area (Å²) in [4.78, 5) is 35.4. The average Bonchev–Trinajstić information content (AvgIpc) is 3.61. The van der Waals surface area contributed by atoms with E-state index in [2.05, 4.69) is 20.4 Å². The van der Waals surface area contributed by atoms with E-state index in [9.17, 15) is 9.59 Å². The van der Waals surface area contributed by atoms with E-state index in [-0.39, 0.29) is 17.9 Å². The number of nitrogens with one attached hydrogen (secondary N) is 1. The lowest BCUT2D eigenvalue weighted by atomic mass is 9.60. The standard InChI is InChI=1S/C28H28N6O3/c1-15(2)37-26-10-25(29-22-6-4-3-5-17(22)26)28(36)34-13-20-18-11-33(12-19(18)21(20)14-34)27(35)16-7-8-23-24(9-16)31-32-30-23/h3-10,15,18-21H,11-14H2,1-2H3,(H,30,31,32)/t18-,19+,20+,21-. The molecule has 1 N–H and O–H groups in total. The number of hydrogen-bond acceptors (Lipinski definition) is 6. The van der Waals surface area contributed by atoms with E-state index in [1.807, 2.05) is 60.0 Å². The molecule has 1 saturated carbocycles. The molecule has 4 atom stereocenters. The van der Waals surface area contributed by atoms with Crippen LogP contribution in [0.2, 0.25) is 0 Å². The second kappa shape index (κ2) is 8.26. The number of hydrogen-bond donors (Lipinski definition) is 1. The van der Waals surface area contributed by atoms with Crippen molar-refractivity contribution in [2.45, 2.75) is 20.0 Å². The molecule has 0 unspecified atom stereocenters. The van der Waals surface area contributed by atoms with Gasteiger partial charge < -0.3 is 14.5 Å². The molecule has 2 aliphatic heterocycles. The van der Waals surface area contributed by atoms with Gasteiger partial charge in [0.25, 0.3) is 11.8 Å². The molecular weight excluding hydrogens is 468 g/mol. The third-order valence-electron chi connectivity index (χ3n) is 8.32. The van der Waals surface area contributed by atoms with Crippen LogP contribution in [0.1, 0.15) is 34.7 Å². The van der Waals surface area contributed by atoms with Gasteiger partial charge in [-0.3, -0.25) is 9.59 Å². The number of pyridine rings is 1. The number of carbonyl (C=O) groups is 2. The molecule has 2 aromatic carbocycles. The number of benzene rings is 2. The Kier molecular flexibility index (Phi) is 4.96. The molecule has 7 rings (SSSR count). The molecule has 2 saturated heterocycles. The van der Waals surface area contributed by atoms with Gasteiger partial charge in [-0.1, -0.05) is 12.1 Å². The molecule has 9 nitrogen and oxygen atoms in total. The minimum absolute atomic E-state index is 0.000662. The zero-order chi connectivity index (χ0) is 25.3. The van der Waals surface area contributed by atoms with Gasteiger partial charge >= 0.3 is 0 Å². The fourth-order valence-electron chi connectivity index (χ4n) is 6.63. The Morgan fingerprint density at radius 1 is 0.838 bits per heavy atom. The van der Waals surface area contributed by atoms with Crippen LogP contribution in [-0.4, -0.2) is 74.3 Å². The molecule has 4 heterocycles. The lowest BCUT2D eigenvalue weighted by Gasteiger charge is -2.42. The largest absolute Gasteiger partial charge is 0.490 e. The summed E-state index contributed by atoms with van der Waals surface area (Å²) in [6, 6.07) is 15.0. The number of likely N-dealkylation sites (tertiary alicyclic amines) is 2. The summed E-state index contributed by atoms with van der Waals surface area (Å²) in [6.45, 7) is 6.87. The van der Waals surface area contributed by atoms with Crippen molar-refractivity contribution in [3.8, 4) is 5.75 Å². The summed E-state index contributed by atoms with van der Waals surface area (Å²) >= 11 is 0. The molecule has 9 heteroatoms. The lowest BCUT2D eigenvalue weighted by Crippen LogP contribution is -2.44. The molecular formula is C28H28N6O3. The van der Waals surface area contributed by atoms with E-state index in [1.54, 1.807) is 12.1 Å². The van der Waals surface area contributed by atoms with Crippen LogP contribution in [0.25, 0.3) is 21.9 Å². The Morgan fingerprint density at radius 3 is 2.19 bits per heavy atom. The summed E-state index contributed by atoms with van der Waals surface area (Å²) in [5, 5.41) is 11.7. The summed E-state index contributed by atoms with van der Waals surface area (Å²) in [6.07, 6.45) is -0.000662. The molecule has 188 valence electrons. The van der Waals surface area contributed by atoms with Crippen molar-refractivity contribution in [3.63, 3.8) is 0 Å². The Bertz CT molecular complexity index is 1530. The maximum absolute atomic E-state index is 13.5. The first-order valence-electron chi connectivity index (χ1n) is 12.9. The highest BCUT2D eigenvalue weighted by Crippen LogP contribution is 2.54. The van der Waals surface area contributed by atoms with E-state index in [0.717, 1.165) is 29.5 Å². The first kappa shape index (κ1) is 22.2. The predicted octanol–water partition coefficient (Wildman–Crippen LogP) is 3.38. The number of rotatable bonds is 4. The molecule has 0 spiro atoms. The van der Waals surface area contributed by atoms with Crippen LogP contribution in [0.5, 0.6) is 5.75 Å². The Balaban J connectivity index is 1.06. The second-order valence-electron chi connectivity index (χ2n) is 10.8. The van der Waals surface area contributed by atoms with Crippen LogP contribution in [0, 0.1) is 23.7 Å². The van der Waals surface area contributed by atoms with Gasteiger partial charge in [0, 0.05) is 43.2 Å². The minimum atomic E-state index is -0.0410. The van der Waals surface area contributed by atoms with Gasteiger partial charge in [-0.25, -0.2) is 4.98 Å². The van der Waals surface area contributed by atoms with Crippen molar-refractivity contribution in [2.75, 3.05) is 26.2 Å². The van der Waals surface area contributed by atoms with Crippen molar-refractivity contribution < 1.29 is 14.3 Å². The number of nitrogens with zero attached hydrogens (tertiary/aromatic N) is 5. The molecule has 37 heavy (non-hydrogen) atoms. The minimum Gasteiger partial charge on any atom is -0.490 e. The molecule has 2 aromatic heterocycles. The maximum Gasteiger partial charge on any atom is 0.272 e. The number of H-pyrrole nitrogens is 1. The fourth-order valence-corrected chi connectivity index (χ4v) is 6.63. The zero-order valence-corrected chi connectivity index (χ0v) is 20.8. The molecule has 0 radical (unpaired) electrons. The Morgan fingerprint density at radius 2 is 1.49 bits per heavy atom. The zero-order valence-electron chi connectivity index (χ0n) is 20.8. The van der Waals surface area contributed by atoms with Crippen molar-refractivity contribution in [1.29, 1.82) is 0 Å². The Labute approximate surface area is 213 Å². The summed E-state index contributed by atoms with van der Waals surface area (Å²) < 4.78 is 6.03. The first-order chi connectivity index (χ1) is 18.0. The molecule has 0 bridgehead atoms. The van der Waals surface area contributed by atoms with Gasteiger partial charge in [0.2, 0.25) is 0 Å². The predicted molar refractivity (Wildman–Crippen MR) is 137 cm³/mol. The Hall–Kier alpha value is -4.01. The highest BCUT2D eigenvalue weighted by Gasteiger charge is 2.59. The smallest absolute Gasteiger partial charge is 0.272 e. The van der Waals surface area contributed by atoms with Crippen molar-refractivity contribution in [1.82, 2.24) is 30.2 Å². The third-order valence-corrected chi connectivity index (χ3v) is 8.32. The number of amides is 2. The highest BCUT2D eigenvalue weighted by atomic mass is 16.5. The van der Waals surface area contributed by atoms with Crippen LogP contribution >= 0.6 is 0 Å². The fraction of sp³-hybridized carbons (Fsp3) is 0.393. The third kappa shape index (κ3) is 3.55.